The van der Waals surface area contributed by atoms with Crippen LogP contribution >= 0.6 is 11.3 Å². The maximum Gasteiger partial charge on any atom is 0.243 e. The average Bonchev–Trinajstić information content (AvgIpc) is 3.00. The molecule has 1 unspecified atom stereocenters. The summed E-state index contributed by atoms with van der Waals surface area (Å²) in [7, 11) is 0. The highest BCUT2D eigenvalue weighted by atomic mass is 32.1. The molecule has 2 aromatic rings. The third-order valence-electron chi connectivity index (χ3n) is 3.00. The van der Waals surface area contributed by atoms with Gasteiger partial charge in [-0.2, -0.15) is 0 Å². The van der Waals surface area contributed by atoms with Crippen LogP contribution in [0.25, 0.3) is 10.7 Å². The van der Waals surface area contributed by atoms with Gasteiger partial charge in [0.25, 0.3) is 0 Å². The van der Waals surface area contributed by atoms with Crippen molar-refractivity contribution in [2.24, 2.45) is 0 Å². The van der Waals surface area contributed by atoms with E-state index in [4.69, 9.17) is 0 Å². The van der Waals surface area contributed by atoms with Crippen LogP contribution in [0.5, 0.6) is 0 Å². The van der Waals surface area contributed by atoms with Gasteiger partial charge in [-0.25, -0.2) is 4.98 Å². The first kappa shape index (κ1) is 10.5. The van der Waals surface area contributed by atoms with Crippen molar-refractivity contribution in [2.75, 3.05) is 6.54 Å². The lowest BCUT2D eigenvalue weighted by molar-refractivity contribution is -0.125. The number of hydrogen-bond donors (Lipinski definition) is 1. The highest BCUT2D eigenvalue weighted by Gasteiger charge is 2.25. The molecule has 5 heteroatoms. The zero-order chi connectivity index (χ0) is 11.7. The van der Waals surface area contributed by atoms with Crippen LogP contribution in [0.3, 0.4) is 0 Å². The van der Waals surface area contributed by atoms with E-state index in [1.54, 1.807) is 17.5 Å². The molecular weight excluding hydrogens is 234 g/mol. The van der Waals surface area contributed by atoms with E-state index in [1.807, 2.05) is 28.3 Å². The van der Waals surface area contributed by atoms with Crippen molar-refractivity contribution in [1.29, 1.82) is 0 Å². The third kappa shape index (κ3) is 1.86. The van der Waals surface area contributed by atoms with E-state index in [2.05, 4.69) is 10.3 Å². The van der Waals surface area contributed by atoms with Gasteiger partial charge < -0.3 is 9.88 Å². The molecule has 3 heterocycles. The first-order valence-electron chi connectivity index (χ1n) is 5.70. The van der Waals surface area contributed by atoms with Gasteiger partial charge in [0.2, 0.25) is 5.91 Å². The number of piperidine rings is 1. The molecule has 2 aromatic heterocycles. The summed E-state index contributed by atoms with van der Waals surface area (Å²) in [4.78, 5) is 17.3. The Labute approximate surface area is 103 Å². The van der Waals surface area contributed by atoms with Crippen LogP contribution < -0.4 is 5.32 Å². The number of amides is 1. The Morgan fingerprint density at radius 1 is 1.53 bits per heavy atom. The Morgan fingerprint density at radius 2 is 2.47 bits per heavy atom. The van der Waals surface area contributed by atoms with Crippen LogP contribution in [-0.2, 0) is 4.79 Å². The normalized spacial score (nSPS) is 20.2. The molecule has 0 bridgehead atoms. The quantitative estimate of drug-likeness (QED) is 0.883. The Morgan fingerprint density at radius 3 is 3.24 bits per heavy atom. The molecule has 0 saturated carbocycles. The predicted molar refractivity (Wildman–Crippen MR) is 66.8 cm³/mol. The fourth-order valence-corrected chi connectivity index (χ4v) is 2.91. The fraction of sp³-hybridized carbons (Fsp3) is 0.333. The van der Waals surface area contributed by atoms with E-state index in [1.165, 1.54) is 0 Å². The molecule has 0 aromatic carbocycles. The number of aromatic nitrogens is 2. The zero-order valence-electron chi connectivity index (χ0n) is 9.30. The van der Waals surface area contributed by atoms with Crippen LogP contribution in [0.4, 0.5) is 0 Å². The number of imidazole rings is 1. The summed E-state index contributed by atoms with van der Waals surface area (Å²) in [5, 5.41) is 4.93. The number of thiophene rings is 1. The molecule has 1 amide bonds. The van der Waals surface area contributed by atoms with Crippen LogP contribution in [0.1, 0.15) is 18.9 Å². The summed E-state index contributed by atoms with van der Waals surface area (Å²) >= 11 is 1.65. The largest absolute Gasteiger partial charge is 0.354 e. The summed E-state index contributed by atoms with van der Waals surface area (Å²) in [5.74, 6) is 0.995. The molecular formula is C12H13N3OS. The first-order valence-corrected chi connectivity index (χ1v) is 6.58. The van der Waals surface area contributed by atoms with Crippen molar-refractivity contribution in [3.63, 3.8) is 0 Å². The fourth-order valence-electron chi connectivity index (χ4n) is 2.18. The van der Waals surface area contributed by atoms with Gasteiger partial charge in [0.15, 0.2) is 5.82 Å². The van der Waals surface area contributed by atoms with Gasteiger partial charge in [0.05, 0.1) is 4.88 Å². The lowest BCUT2D eigenvalue weighted by atomic mass is 10.1. The molecule has 0 radical (unpaired) electrons. The van der Waals surface area contributed by atoms with Gasteiger partial charge in [-0.15, -0.1) is 11.3 Å². The smallest absolute Gasteiger partial charge is 0.243 e. The molecule has 17 heavy (non-hydrogen) atoms. The Hall–Kier alpha value is -1.62. The summed E-state index contributed by atoms with van der Waals surface area (Å²) in [6.07, 6.45) is 5.57. The van der Waals surface area contributed by atoms with Gasteiger partial charge in [-0.1, -0.05) is 6.07 Å². The van der Waals surface area contributed by atoms with Crippen LogP contribution in [0.2, 0.25) is 0 Å². The van der Waals surface area contributed by atoms with E-state index in [9.17, 15) is 4.79 Å². The summed E-state index contributed by atoms with van der Waals surface area (Å²) in [6.45, 7) is 0.790. The minimum absolute atomic E-state index is 0.104. The summed E-state index contributed by atoms with van der Waals surface area (Å²) < 4.78 is 1.99. The molecule has 1 N–H and O–H groups in total. The van der Waals surface area contributed by atoms with Crippen molar-refractivity contribution in [1.82, 2.24) is 14.9 Å². The molecule has 0 aliphatic carbocycles. The van der Waals surface area contributed by atoms with E-state index >= 15 is 0 Å². The van der Waals surface area contributed by atoms with Gasteiger partial charge in [0, 0.05) is 18.9 Å². The number of rotatable bonds is 2. The predicted octanol–water partition coefficient (Wildman–Crippen LogP) is 2.06. The zero-order valence-corrected chi connectivity index (χ0v) is 10.1. The van der Waals surface area contributed by atoms with Crippen LogP contribution in [0, 0.1) is 0 Å². The molecule has 4 nitrogen and oxygen atoms in total. The van der Waals surface area contributed by atoms with Crippen molar-refractivity contribution < 1.29 is 4.79 Å². The minimum Gasteiger partial charge on any atom is -0.354 e. The van der Waals surface area contributed by atoms with Crippen molar-refractivity contribution in [3.05, 3.63) is 29.9 Å². The second-order valence-corrected chi connectivity index (χ2v) is 5.03. The maximum atomic E-state index is 11.9. The second kappa shape index (κ2) is 4.33. The Bertz CT molecular complexity index is 518. The topological polar surface area (TPSA) is 46.9 Å². The SMILES string of the molecule is O=C1NCCCC1n1ccnc1-c1cccs1. The minimum atomic E-state index is -0.108. The molecule has 1 atom stereocenters. The van der Waals surface area contributed by atoms with Gasteiger partial charge in [0.1, 0.15) is 6.04 Å². The Kier molecular flexibility index (Phi) is 2.68. The first-order chi connectivity index (χ1) is 8.36. The van der Waals surface area contributed by atoms with Crippen molar-refractivity contribution in [3.8, 4) is 10.7 Å². The second-order valence-electron chi connectivity index (χ2n) is 4.08. The standard InChI is InChI=1S/C12H13N3OS/c16-12-9(3-1-5-14-12)15-7-6-13-11(15)10-4-2-8-17-10/h2,4,6-9H,1,3,5H2,(H,14,16). The van der Waals surface area contributed by atoms with E-state index < -0.39 is 0 Å². The maximum absolute atomic E-state index is 11.9. The molecule has 1 fully saturated rings. The number of nitrogens with zero attached hydrogens (tertiary/aromatic N) is 2. The number of hydrogen-bond acceptors (Lipinski definition) is 3. The number of carbonyl (C=O) groups excluding carboxylic acids is 1. The third-order valence-corrected chi connectivity index (χ3v) is 3.87. The van der Waals surface area contributed by atoms with E-state index in [-0.39, 0.29) is 11.9 Å². The van der Waals surface area contributed by atoms with Crippen molar-refractivity contribution in [2.45, 2.75) is 18.9 Å². The lowest BCUT2D eigenvalue weighted by Gasteiger charge is -2.24. The molecule has 1 aliphatic rings. The van der Waals surface area contributed by atoms with Gasteiger partial charge in [-0.05, 0) is 24.3 Å². The summed E-state index contributed by atoms with van der Waals surface area (Å²) in [6, 6.07) is 3.92. The van der Waals surface area contributed by atoms with E-state index in [0.717, 1.165) is 30.1 Å². The lowest BCUT2D eigenvalue weighted by Crippen LogP contribution is -2.37. The molecule has 1 aliphatic heterocycles. The van der Waals surface area contributed by atoms with E-state index in [0.29, 0.717) is 0 Å². The Balaban J connectivity index is 1.98. The van der Waals surface area contributed by atoms with Gasteiger partial charge >= 0.3 is 0 Å². The summed E-state index contributed by atoms with van der Waals surface area (Å²) in [5.41, 5.74) is 0. The molecule has 88 valence electrons. The highest BCUT2D eigenvalue weighted by Crippen LogP contribution is 2.28. The monoisotopic (exact) mass is 247 g/mol. The van der Waals surface area contributed by atoms with Gasteiger partial charge in [-0.3, -0.25) is 4.79 Å². The van der Waals surface area contributed by atoms with Crippen LogP contribution in [0.15, 0.2) is 29.9 Å². The number of nitrogens with one attached hydrogen (secondary N) is 1. The highest BCUT2D eigenvalue weighted by molar-refractivity contribution is 7.13. The average molecular weight is 247 g/mol. The molecule has 0 spiro atoms. The molecule has 1 saturated heterocycles. The van der Waals surface area contributed by atoms with Crippen molar-refractivity contribution >= 4 is 17.2 Å². The van der Waals surface area contributed by atoms with Crippen LogP contribution in [-0.4, -0.2) is 22.0 Å². The molecule has 3 rings (SSSR count). The number of carbonyl (C=O) groups is 1.